The van der Waals surface area contributed by atoms with Gasteiger partial charge in [0.05, 0.1) is 26.9 Å². The van der Waals surface area contributed by atoms with Gasteiger partial charge in [-0.3, -0.25) is 9.59 Å². The number of halogens is 1. The summed E-state index contributed by atoms with van der Waals surface area (Å²) in [7, 11) is 1.29. The lowest BCUT2D eigenvalue weighted by Gasteiger charge is -2.22. The first-order chi connectivity index (χ1) is 7.65. The predicted octanol–water partition coefficient (Wildman–Crippen LogP) is -0.546. The number of alkyl halides is 1. The van der Waals surface area contributed by atoms with E-state index in [0.29, 0.717) is 13.2 Å². The third kappa shape index (κ3) is 4.07. The zero-order chi connectivity index (χ0) is 12.0. The fourth-order valence-electron chi connectivity index (χ4n) is 1.15. The number of nitrogens with one attached hydrogen (secondary N) is 1. The van der Waals surface area contributed by atoms with Crippen LogP contribution in [0.4, 0.5) is 0 Å². The fraction of sp³-hybridized carbons (Fsp3) is 0.778. The molecule has 1 heterocycles. The number of hydrogen-bond donors (Lipinski definition) is 1. The highest BCUT2D eigenvalue weighted by Gasteiger charge is 2.24. The number of rotatable bonds is 4. The maximum atomic E-state index is 11.5. The molecular weight excluding hydrogens is 282 g/mol. The third-order valence-corrected chi connectivity index (χ3v) is 2.72. The van der Waals surface area contributed by atoms with Gasteiger partial charge < -0.3 is 19.5 Å². The standard InChI is InChI=1S/C9H14BrNO5/c1-14-9(13)6(10)4-11-8(12)7-5-15-2-3-16-7/h6-7H,2-5H2,1H3,(H,11,12). The van der Waals surface area contributed by atoms with Gasteiger partial charge >= 0.3 is 5.97 Å². The lowest BCUT2D eigenvalue weighted by Crippen LogP contribution is -2.45. The molecule has 1 fully saturated rings. The summed E-state index contributed by atoms with van der Waals surface area (Å²) >= 11 is 3.09. The molecule has 0 aromatic heterocycles. The lowest BCUT2D eigenvalue weighted by atomic mass is 10.3. The molecule has 1 rings (SSSR count). The molecule has 0 saturated carbocycles. The van der Waals surface area contributed by atoms with Crippen LogP contribution in [0.2, 0.25) is 0 Å². The summed E-state index contributed by atoms with van der Waals surface area (Å²) < 4.78 is 14.8. The summed E-state index contributed by atoms with van der Waals surface area (Å²) in [6.07, 6.45) is -0.592. The second kappa shape index (κ2) is 6.82. The van der Waals surface area contributed by atoms with Crippen LogP contribution in [-0.4, -0.2) is 56.3 Å². The number of esters is 1. The lowest BCUT2D eigenvalue weighted by molar-refractivity contribution is -0.147. The minimum absolute atomic E-state index is 0.158. The predicted molar refractivity (Wildman–Crippen MR) is 58.3 cm³/mol. The number of carbonyl (C=O) groups excluding carboxylic acids is 2. The largest absolute Gasteiger partial charge is 0.468 e. The first-order valence-corrected chi connectivity index (χ1v) is 5.75. The Kier molecular flexibility index (Phi) is 5.72. The normalized spacial score (nSPS) is 22.2. The van der Waals surface area contributed by atoms with Gasteiger partial charge in [-0.15, -0.1) is 0 Å². The zero-order valence-electron chi connectivity index (χ0n) is 8.90. The van der Waals surface area contributed by atoms with Crippen LogP contribution >= 0.6 is 15.9 Å². The number of carbonyl (C=O) groups is 2. The van der Waals surface area contributed by atoms with Gasteiger partial charge in [0.25, 0.3) is 5.91 Å². The quantitative estimate of drug-likeness (QED) is 0.557. The molecule has 7 heteroatoms. The van der Waals surface area contributed by atoms with Gasteiger partial charge in [0.2, 0.25) is 0 Å². The molecule has 0 aromatic carbocycles. The summed E-state index contributed by atoms with van der Waals surface area (Å²) in [4.78, 5) is 22.0. The maximum Gasteiger partial charge on any atom is 0.321 e. The summed E-state index contributed by atoms with van der Waals surface area (Å²) in [5, 5.41) is 2.58. The van der Waals surface area contributed by atoms with Gasteiger partial charge in [-0.25, -0.2) is 0 Å². The van der Waals surface area contributed by atoms with Crippen molar-refractivity contribution < 1.29 is 23.8 Å². The van der Waals surface area contributed by atoms with E-state index in [1.54, 1.807) is 0 Å². The van der Waals surface area contributed by atoms with E-state index in [2.05, 4.69) is 26.0 Å². The molecule has 2 atom stereocenters. The van der Waals surface area contributed by atoms with Crippen LogP contribution < -0.4 is 5.32 Å². The summed E-state index contributed by atoms with van der Waals surface area (Å²) in [5.41, 5.74) is 0. The zero-order valence-corrected chi connectivity index (χ0v) is 10.5. The highest BCUT2D eigenvalue weighted by molar-refractivity contribution is 9.10. The average Bonchev–Trinajstić information content (AvgIpc) is 2.35. The van der Waals surface area contributed by atoms with Crippen LogP contribution in [-0.2, 0) is 23.8 Å². The van der Waals surface area contributed by atoms with Crippen molar-refractivity contribution in [1.82, 2.24) is 5.32 Å². The molecule has 6 nitrogen and oxygen atoms in total. The molecule has 1 aliphatic rings. The molecule has 0 spiro atoms. The first kappa shape index (κ1) is 13.4. The topological polar surface area (TPSA) is 73.9 Å². The summed E-state index contributed by atoms with van der Waals surface area (Å²) in [6, 6.07) is 0. The van der Waals surface area contributed by atoms with Gasteiger partial charge in [0.1, 0.15) is 4.83 Å². The number of hydrogen-bond acceptors (Lipinski definition) is 5. The van der Waals surface area contributed by atoms with Crippen molar-refractivity contribution in [3.63, 3.8) is 0 Å². The second-order valence-electron chi connectivity index (χ2n) is 3.17. The molecule has 0 radical (unpaired) electrons. The number of methoxy groups -OCH3 is 1. The fourth-order valence-corrected chi connectivity index (χ4v) is 1.50. The molecule has 0 aromatic rings. The van der Waals surface area contributed by atoms with E-state index in [9.17, 15) is 9.59 Å². The minimum atomic E-state index is -0.592. The van der Waals surface area contributed by atoms with Crippen LogP contribution in [0.3, 0.4) is 0 Å². The molecule has 92 valence electrons. The van der Waals surface area contributed by atoms with Gasteiger partial charge in [0.15, 0.2) is 6.10 Å². The van der Waals surface area contributed by atoms with Crippen molar-refractivity contribution in [3.8, 4) is 0 Å². The Morgan fingerprint density at radius 2 is 2.31 bits per heavy atom. The van der Waals surface area contributed by atoms with E-state index in [1.165, 1.54) is 7.11 Å². The van der Waals surface area contributed by atoms with Crippen LogP contribution in [0, 0.1) is 0 Å². The SMILES string of the molecule is COC(=O)C(Br)CNC(=O)C1COCCO1. The molecular formula is C9H14BrNO5. The van der Waals surface area contributed by atoms with E-state index >= 15 is 0 Å². The van der Waals surface area contributed by atoms with Crippen molar-refractivity contribution in [2.24, 2.45) is 0 Å². The van der Waals surface area contributed by atoms with Gasteiger partial charge in [-0.2, -0.15) is 0 Å². The molecule has 1 N–H and O–H groups in total. The van der Waals surface area contributed by atoms with Crippen molar-refractivity contribution in [2.75, 3.05) is 33.5 Å². The highest BCUT2D eigenvalue weighted by Crippen LogP contribution is 2.03. The maximum absolute atomic E-state index is 11.5. The van der Waals surface area contributed by atoms with Crippen molar-refractivity contribution >= 4 is 27.8 Å². The second-order valence-corrected chi connectivity index (χ2v) is 4.28. The van der Waals surface area contributed by atoms with Gasteiger partial charge in [0, 0.05) is 6.54 Å². The van der Waals surface area contributed by atoms with Gasteiger partial charge in [-0.1, -0.05) is 15.9 Å². The summed E-state index contributed by atoms with van der Waals surface area (Å²) in [6.45, 7) is 1.32. The molecule has 16 heavy (non-hydrogen) atoms. The highest BCUT2D eigenvalue weighted by atomic mass is 79.9. The van der Waals surface area contributed by atoms with E-state index in [1.807, 2.05) is 0 Å². The van der Waals surface area contributed by atoms with Crippen LogP contribution in [0.1, 0.15) is 0 Å². The Hall–Kier alpha value is -0.660. The summed E-state index contributed by atoms with van der Waals surface area (Å²) in [5.74, 6) is -0.714. The van der Waals surface area contributed by atoms with E-state index in [4.69, 9.17) is 9.47 Å². The van der Waals surface area contributed by atoms with E-state index < -0.39 is 16.9 Å². The van der Waals surface area contributed by atoms with Gasteiger partial charge in [-0.05, 0) is 0 Å². The van der Waals surface area contributed by atoms with Crippen LogP contribution in [0.5, 0.6) is 0 Å². The number of amides is 1. The smallest absolute Gasteiger partial charge is 0.321 e. The van der Waals surface area contributed by atoms with Crippen LogP contribution in [0.15, 0.2) is 0 Å². The molecule has 2 unspecified atom stereocenters. The van der Waals surface area contributed by atoms with E-state index in [0.717, 1.165) is 0 Å². The Morgan fingerprint density at radius 3 is 2.88 bits per heavy atom. The molecule has 0 bridgehead atoms. The van der Waals surface area contributed by atoms with Crippen LogP contribution in [0.25, 0.3) is 0 Å². The first-order valence-electron chi connectivity index (χ1n) is 4.84. The molecule has 1 saturated heterocycles. The minimum Gasteiger partial charge on any atom is -0.468 e. The molecule has 0 aliphatic carbocycles. The third-order valence-electron chi connectivity index (χ3n) is 2.02. The van der Waals surface area contributed by atoms with Crippen molar-refractivity contribution in [3.05, 3.63) is 0 Å². The Labute approximate surface area is 102 Å². The Morgan fingerprint density at radius 1 is 1.56 bits per heavy atom. The average molecular weight is 296 g/mol. The van der Waals surface area contributed by atoms with E-state index in [-0.39, 0.29) is 19.1 Å². The monoisotopic (exact) mass is 295 g/mol. The number of ether oxygens (including phenoxy) is 3. The molecule has 1 aliphatic heterocycles. The Balaban J connectivity index is 2.26. The van der Waals surface area contributed by atoms with Crippen molar-refractivity contribution in [1.29, 1.82) is 0 Å². The Bertz CT molecular complexity index is 254. The van der Waals surface area contributed by atoms with Crippen molar-refractivity contribution in [2.45, 2.75) is 10.9 Å². The molecule has 1 amide bonds.